The highest BCUT2D eigenvalue weighted by Crippen LogP contribution is 2.27. The van der Waals surface area contributed by atoms with Crippen LogP contribution in [0, 0.1) is 5.82 Å². The molecule has 0 bridgehead atoms. The summed E-state index contributed by atoms with van der Waals surface area (Å²) >= 11 is 1.48. The minimum absolute atomic E-state index is 0.259. The molecule has 96 valence electrons. The topological polar surface area (TPSA) is 24.9 Å². The largest absolute Gasteiger partial charge is 0.361 e. The van der Waals surface area contributed by atoms with Crippen LogP contribution in [0.3, 0.4) is 0 Å². The molecule has 3 rings (SSSR count). The van der Waals surface area contributed by atoms with Crippen LogP contribution < -0.4 is 5.32 Å². The summed E-state index contributed by atoms with van der Waals surface area (Å²) in [7, 11) is 0. The van der Waals surface area contributed by atoms with Gasteiger partial charge in [-0.1, -0.05) is 47.7 Å². The smallest absolute Gasteiger partial charge is 0.183 e. The van der Waals surface area contributed by atoms with E-state index in [9.17, 15) is 4.39 Å². The van der Waals surface area contributed by atoms with Crippen molar-refractivity contribution in [1.29, 1.82) is 0 Å². The lowest BCUT2D eigenvalue weighted by molar-refractivity contribution is 0.637. The molecule has 4 heteroatoms. The fraction of sp³-hybridized carbons (Fsp3) is 0.133. The molecule has 2 aromatic carbocycles. The van der Waals surface area contributed by atoms with Crippen LogP contribution >= 0.6 is 11.3 Å². The summed E-state index contributed by atoms with van der Waals surface area (Å²) in [4.78, 5) is 4.28. The van der Waals surface area contributed by atoms with Gasteiger partial charge < -0.3 is 5.32 Å². The molecule has 19 heavy (non-hydrogen) atoms. The summed E-state index contributed by atoms with van der Waals surface area (Å²) in [6.07, 6.45) is 0.930. The van der Waals surface area contributed by atoms with Crippen LogP contribution in [0.2, 0.25) is 0 Å². The van der Waals surface area contributed by atoms with E-state index in [2.05, 4.69) is 22.4 Å². The number of aromatic nitrogens is 1. The van der Waals surface area contributed by atoms with Crippen molar-refractivity contribution >= 4 is 26.7 Å². The number of rotatable bonds is 4. The molecule has 0 saturated carbocycles. The first kappa shape index (κ1) is 12.1. The Labute approximate surface area is 114 Å². The number of benzene rings is 2. The van der Waals surface area contributed by atoms with Gasteiger partial charge in [0, 0.05) is 6.54 Å². The maximum Gasteiger partial charge on any atom is 0.183 e. The molecule has 0 unspecified atom stereocenters. The molecule has 0 fully saturated rings. The zero-order valence-corrected chi connectivity index (χ0v) is 11.1. The minimum Gasteiger partial charge on any atom is -0.361 e. The molecule has 0 atom stereocenters. The Kier molecular flexibility index (Phi) is 3.42. The highest BCUT2D eigenvalue weighted by Gasteiger charge is 2.06. The van der Waals surface area contributed by atoms with Crippen molar-refractivity contribution in [3.05, 3.63) is 59.9 Å². The molecule has 3 aromatic rings. The van der Waals surface area contributed by atoms with Crippen molar-refractivity contribution in [3.8, 4) is 0 Å². The molecule has 2 nitrogen and oxygen atoms in total. The van der Waals surface area contributed by atoms with Crippen LogP contribution in [0.1, 0.15) is 5.56 Å². The van der Waals surface area contributed by atoms with Crippen molar-refractivity contribution in [1.82, 2.24) is 4.98 Å². The Morgan fingerprint density at radius 2 is 1.89 bits per heavy atom. The second-order valence-electron chi connectivity index (χ2n) is 4.27. The molecule has 0 aliphatic heterocycles. The molecule has 0 aliphatic rings. The highest BCUT2D eigenvalue weighted by atomic mass is 32.1. The van der Waals surface area contributed by atoms with Crippen LogP contribution in [0.25, 0.3) is 10.2 Å². The molecule has 0 radical (unpaired) electrons. The lowest BCUT2D eigenvalue weighted by atomic mass is 10.2. The Hall–Kier alpha value is -1.94. The molecule has 1 aromatic heterocycles. The third-order valence-electron chi connectivity index (χ3n) is 2.90. The maximum absolute atomic E-state index is 13.5. The minimum atomic E-state index is -0.259. The molecular weight excluding hydrogens is 259 g/mol. The first-order valence-electron chi connectivity index (χ1n) is 6.16. The summed E-state index contributed by atoms with van der Waals surface area (Å²) in [6, 6.07) is 15.3. The third kappa shape index (κ3) is 2.74. The first-order valence-corrected chi connectivity index (χ1v) is 6.97. The van der Waals surface area contributed by atoms with Crippen molar-refractivity contribution in [2.45, 2.75) is 6.42 Å². The van der Waals surface area contributed by atoms with Crippen molar-refractivity contribution < 1.29 is 4.39 Å². The van der Waals surface area contributed by atoms with Gasteiger partial charge in [0.05, 0.1) is 4.70 Å². The number of para-hydroxylation sites is 1. The average Bonchev–Trinajstić information content (AvgIpc) is 2.84. The first-order chi connectivity index (χ1) is 9.33. The van der Waals surface area contributed by atoms with E-state index in [-0.39, 0.29) is 5.82 Å². The number of hydrogen-bond donors (Lipinski definition) is 1. The van der Waals surface area contributed by atoms with E-state index in [4.69, 9.17) is 0 Å². The molecule has 0 saturated heterocycles. The number of fused-ring (bicyclic) bond motifs is 1. The van der Waals surface area contributed by atoms with Gasteiger partial charge in [-0.25, -0.2) is 9.37 Å². The normalized spacial score (nSPS) is 10.8. The van der Waals surface area contributed by atoms with E-state index in [0.29, 0.717) is 5.52 Å². The maximum atomic E-state index is 13.5. The summed E-state index contributed by atoms with van der Waals surface area (Å²) in [6.45, 7) is 0.797. The second kappa shape index (κ2) is 5.36. The van der Waals surface area contributed by atoms with Gasteiger partial charge in [-0.2, -0.15) is 0 Å². The number of halogens is 1. The van der Waals surface area contributed by atoms with Gasteiger partial charge in [0.15, 0.2) is 5.13 Å². The molecule has 0 amide bonds. The molecule has 0 spiro atoms. The second-order valence-corrected chi connectivity index (χ2v) is 5.30. The molecular formula is C15H13FN2S. The van der Waals surface area contributed by atoms with Gasteiger partial charge in [-0.05, 0) is 24.1 Å². The third-order valence-corrected chi connectivity index (χ3v) is 3.88. The fourth-order valence-electron chi connectivity index (χ4n) is 1.95. The van der Waals surface area contributed by atoms with Crippen LogP contribution in [-0.4, -0.2) is 11.5 Å². The highest BCUT2D eigenvalue weighted by molar-refractivity contribution is 7.22. The standard InChI is InChI=1S/C15H13FN2S/c16-12-7-4-8-13-14(12)18-15(19-13)17-10-9-11-5-2-1-3-6-11/h1-8H,9-10H2,(H,17,18). The van der Waals surface area contributed by atoms with Crippen LogP contribution in [0.4, 0.5) is 9.52 Å². The summed E-state index contributed by atoms with van der Waals surface area (Å²) in [5, 5.41) is 4.02. The van der Waals surface area contributed by atoms with Crippen molar-refractivity contribution in [2.24, 2.45) is 0 Å². The Morgan fingerprint density at radius 3 is 2.68 bits per heavy atom. The quantitative estimate of drug-likeness (QED) is 0.773. The van der Waals surface area contributed by atoms with E-state index in [1.165, 1.54) is 23.0 Å². The number of anilines is 1. The zero-order chi connectivity index (χ0) is 13.1. The summed E-state index contributed by atoms with van der Waals surface area (Å²) in [5.74, 6) is -0.259. The predicted molar refractivity (Wildman–Crippen MR) is 78.2 cm³/mol. The van der Waals surface area contributed by atoms with Gasteiger partial charge in [-0.15, -0.1) is 0 Å². The number of nitrogens with one attached hydrogen (secondary N) is 1. The van der Waals surface area contributed by atoms with Gasteiger partial charge in [-0.3, -0.25) is 0 Å². The molecule has 1 heterocycles. The number of hydrogen-bond acceptors (Lipinski definition) is 3. The van der Waals surface area contributed by atoms with Gasteiger partial charge in [0.2, 0.25) is 0 Å². The summed E-state index contributed by atoms with van der Waals surface area (Å²) in [5.41, 5.74) is 1.73. The fourth-order valence-corrected chi connectivity index (χ4v) is 2.85. The Bertz CT molecular complexity index is 679. The average molecular weight is 272 g/mol. The van der Waals surface area contributed by atoms with E-state index in [1.807, 2.05) is 24.3 Å². The summed E-state index contributed by atoms with van der Waals surface area (Å²) < 4.78 is 14.4. The van der Waals surface area contributed by atoms with E-state index in [0.717, 1.165) is 22.8 Å². The van der Waals surface area contributed by atoms with E-state index < -0.39 is 0 Å². The van der Waals surface area contributed by atoms with Crippen molar-refractivity contribution in [2.75, 3.05) is 11.9 Å². The van der Waals surface area contributed by atoms with Gasteiger partial charge >= 0.3 is 0 Å². The zero-order valence-electron chi connectivity index (χ0n) is 10.3. The Balaban J connectivity index is 1.67. The monoisotopic (exact) mass is 272 g/mol. The predicted octanol–water partition coefficient (Wildman–Crippen LogP) is 4.09. The molecule has 0 aliphatic carbocycles. The van der Waals surface area contributed by atoms with Crippen molar-refractivity contribution in [3.63, 3.8) is 0 Å². The van der Waals surface area contributed by atoms with Crippen LogP contribution in [0.5, 0.6) is 0 Å². The lowest BCUT2D eigenvalue weighted by Gasteiger charge is -2.02. The van der Waals surface area contributed by atoms with E-state index >= 15 is 0 Å². The van der Waals surface area contributed by atoms with Gasteiger partial charge in [0.1, 0.15) is 11.3 Å². The Morgan fingerprint density at radius 1 is 1.05 bits per heavy atom. The number of thiazole rings is 1. The molecule has 1 N–H and O–H groups in total. The van der Waals surface area contributed by atoms with Crippen LogP contribution in [0.15, 0.2) is 48.5 Å². The SMILES string of the molecule is Fc1cccc2sc(NCCc3ccccc3)nc12. The van der Waals surface area contributed by atoms with E-state index in [1.54, 1.807) is 6.07 Å². The lowest BCUT2D eigenvalue weighted by Crippen LogP contribution is -2.04. The number of nitrogens with zero attached hydrogens (tertiary/aromatic N) is 1. The van der Waals surface area contributed by atoms with Crippen LogP contribution in [-0.2, 0) is 6.42 Å². The van der Waals surface area contributed by atoms with Gasteiger partial charge in [0.25, 0.3) is 0 Å².